The maximum absolute atomic E-state index is 12.7. The van der Waals surface area contributed by atoms with Crippen molar-refractivity contribution < 1.29 is 4.79 Å². The summed E-state index contributed by atoms with van der Waals surface area (Å²) in [5.74, 6) is 1.74. The topological polar surface area (TPSA) is 43.1 Å². The molecule has 0 spiro atoms. The van der Waals surface area contributed by atoms with E-state index in [2.05, 4.69) is 23.4 Å². The molecule has 0 fully saturated rings. The Bertz CT molecular complexity index is 655. The first-order valence-electron chi connectivity index (χ1n) is 7.98. The van der Waals surface area contributed by atoms with Gasteiger partial charge in [0.15, 0.2) is 0 Å². The smallest absolute Gasteiger partial charge is 0.270 e. The molecule has 5 heteroatoms. The lowest BCUT2D eigenvalue weighted by Crippen LogP contribution is -2.36. The summed E-state index contributed by atoms with van der Waals surface area (Å²) in [6.45, 7) is 5.98. The number of fused-ring (bicyclic) bond motifs is 1. The van der Waals surface area contributed by atoms with Crippen LogP contribution in [0.25, 0.3) is 0 Å². The molecule has 3 heterocycles. The summed E-state index contributed by atoms with van der Waals surface area (Å²) in [6, 6.07) is 4.15. The lowest BCUT2D eigenvalue weighted by atomic mass is 9.97. The van der Waals surface area contributed by atoms with Crippen molar-refractivity contribution >= 4 is 5.91 Å². The van der Waals surface area contributed by atoms with Gasteiger partial charge in [-0.15, -0.1) is 0 Å². The summed E-state index contributed by atoms with van der Waals surface area (Å²) in [6.07, 6.45) is 7.93. The molecule has 1 aliphatic rings. The minimum Gasteiger partial charge on any atom is -0.341 e. The Labute approximate surface area is 131 Å². The van der Waals surface area contributed by atoms with Crippen LogP contribution in [0.3, 0.4) is 0 Å². The van der Waals surface area contributed by atoms with E-state index >= 15 is 0 Å². The molecule has 3 rings (SSSR count). The molecule has 5 nitrogen and oxygen atoms in total. The number of imidazole rings is 1. The molecular weight excluding hydrogens is 276 g/mol. The predicted molar refractivity (Wildman–Crippen MR) is 85.8 cm³/mol. The number of hydrogen-bond acceptors (Lipinski definition) is 2. The third-order valence-corrected chi connectivity index (χ3v) is 4.48. The van der Waals surface area contributed by atoms with E-state index in [1.165, 1.54) is 0 Å². The standard InChI is InChI=1S/C17H24N4O/c1-13(2)21-8-4-5-15(21)17(22)19(3)12-14-6-9-20-10-7-18-16(20)11-14/h4-5,7-8,10,13-14H,6,9,11-12H2,1-3H3/t14-/m0/s1. The van der Waals surface area contributed by atoms with Gasteiger partial charge in [0, 0.05) is 51.2 Å². The average Bonchev–Trinajstić information content (AvgIpc) is 3.14. The molecule has 2 aromatic rings. The van der Waals surface area contributed by atoms with Crippen LogP contribution in [0.15, 0.2) is 30.7 Å². The van der Waals surface area contributed by atoms with Gasteiger partial charge in [-0.25, -0.2) is 4.98 Å². The van der Waals surface area contributed by atoms with E-state index in [1.807, 2.05) is 47.2 Å². The Hall–Kier alpha value is -2.04. The summed E-state index contributed by atoms with van der Waals surface area (Å²) >= 11 is 0. The molecule has 0 saturated carbocycles. The molecule has 0 radical (unpaired) electrons. The van der Waals surface area contributed by atoms with Crippen molar-refractivity contribution in [3.05, 3.63) is 42.2 Å². The van der Waals surface area contributed by atoms with Gasteiger partial charge >= 0.3 is 0 Å². The fraction of sp³-hybridized carbons (Fsp3) is 0.529. The van der Waals surface area contributed by atoms with E-state index in [0.717, 1.165) is 37.4 Å². The first-order chi connectivity index (χ1) is 10.6. The first kappa shape index (κ1) is 14.9. The number of rotatable bonds is 4. The Morgan fingerprint density at radius 2 is 2.27 bits per heavy atom. The Morgan fingerprint density at radius 1 is 1.45 bits per heavy atom. The largest absolute Gasteiger partial charge is 0.341 e. The molecule has 0 aliphatic carbocycles. The second-order valence-electron chi connectivity index (χ2n) is 6.48. The van der Waals surface area contributed by atoms with Crippen LogP contribution in [0, 0.1) is 5.92 Å². The van der Waals surface area contributed by atoms with Gasteiger partial charge in [0.05, 0.1) is 0 Å². The molecule has 1 atom stereocenters. The zero-order chi connectivity index (χ0) is 15.7. The SMILES string of the molecule is CC(C)n1cccc1C(=O)N(C)C[C@H]1CCn2ccnc2C1. The van der Waals surface area contributed by atoms with Crippen molar-refractivity contribution in [1.82, 2.24) is 19.0 Å². The van der Waals surface area contributed by atoms with Crippen molar-refractivity contribution in [2.24, 2.45) is 5.92 Å². The minimum absolute atomic E-state index is 0.104. The third-order valence-electron chi connectivity index (χ3n) is 4.48. The van der Waals surface area contributed by atoms with E-state index < -0.39 is 0 Å². The van der Waals surface area contributed by atoms with Crippen molar-refractivity contribution in [2.75, 3.05) is 13.6 Å². The maximum atomic E-state index is 12.7. The van der Waals surface area contributed by atoms with E-state index in [1.54, 1.807) is 0 Å². The lowest BCUT2D eigenvalue weighted by molar-refractivity contribution is 0.0751. The van der Waals surface area contributed by atoms with Crippen LogP contribution in [-0.4, -0.2) is 38.5 Å². The van der Waals surface area contributed by atoms with Gasteiger partial charge in [0.2, 0.25) is 0 Å². The normalized spacial score (nSPS) is 17.5. The van der Waals surface area contributed by atoms with Crippen LogP contribution in [0.2, 0.25) is 0 Å². The van der Waals surface area contributed by atoms with Crippen molar-refractivity contribution in [1.29, 1.82) is 0 Å². The molecular formula is C17H24N4O. The quantitative estimate of drug-likeness (QED) is 0.871. The zero-order valence-electron chi connectivity index (χ0n) is 13.6. The number of nitrogens with zero attached hydrogens (tertiary/aromatic N) is 4. The average molecular weight is 300 g/mol. The second kappa shape index (κ2) is 5.99. The number of carbonyl (C=O) groups is 1. The number of aromatic nitrogens is 3. The number of hydrogen-bond donors (Lipinski definition) is 0. The first-order valence-corrected chi connectivity index (χ1v) is 7.98. The Balaban J connectivity index is 1.66. The van der Waals surface area contributed by atoms with Crippen LogP contribution in [0.5, 0.6) is 0 Å². The van der Waals surface area contributed by atoms with Gasteiger partial charge < -0.3 is 14.0 Å². The van der Waals surface area contributed by atoms with Crippen LogP contribution in [0.1, 0.15) is 42.6 Å². The minimum atomic E-state index is 0.104. The Kier molecular flexibility index (Phi) is 4.05. The number of aryl methyl sites for hydroxylation is 1. The monoisotopic (exact) mass is 300 g/mol. The molecule has 22 heavy (non-hydrogen) atoms. The second-order valence-corrected chi connectivity index (χ2v) is 6.48. The van der Waals surface area contributed by atoms with Crippen molar-refractivity contribution in [3.63, 3.8) is 0 Å². The van der Waals surface area contributed by atoms with Crippen molar-refractivity contribution in [3.8, 4) is 0 Å². The molecule has 0 saturated heterocycles. The zero-order valence-corrected chi connectivity index (χ0v) is 13.6. The van der Waals surface area contributed by atoms with E-state index in [4.69, 9.17) is 0 Å². The highest BCUT2D eigenvalue weighted by Gasteiger charge is 2.24. The van der Waals surface area contributed by atoms with Crippen LogP contribution >= 0.6 is 0 Å². The van der Waals surface area contributed by atoms with Crippen LogP contribution in [0.4, 0.5) is 0 Å². The van der Waals surface area contributed by atoms with Gasteiger partial charge in [0.25, 0.3) is 5.91 Å². The maximum Gasteiger partial charge on any atom is 0.270 e. The summed E-state index contributed by atoms with van der Waals surface area (Å²) in [4.78, 5) is 18.9. The summed E-state index contributed by atoms with van der Waals surface area (Å²) in [7, 11) is 1.90. The highest BCUT2D eigenvalue weighted by Crippen LogP contribution is 2.21. The van der Waals surface area contributed by atoms with E-state index in [-0.39, 0.29) is 5.91 Å². The van der Waals surface area contributed by atoms with Crippen LogP contribution in [-0.2, 0) is 13.0 Å². The molecule has 0 unspecified atom stereocenters. The summed E-state index contributed by atoms with van der Waals surface area (Å²) in [5.41, 5.74) is 0.773. The highest BCUT2D eigenvalue weighted by atomic mass is 16.2. The summed E-state index contributed by atoms with van der Waals surface area (Å²) in [5, 5.41) is 0. The van der Waals surface area contributed by atoms with Gasteiger partial charge in [-0.1, -0.05) is 0 Å². The number of carbonyl (C=O) groups excluding carboxylic acids is 1. The Morgan fingerprint density at radius 3 is 3.05 bits per heavy atom. The predicted octanol–water partition coefficient (Wildman–Crippen LogP) is 2.60. The van der Waals surface area contributed by atoms with Gasteiger partial charge in [-0.05, 0) is 38.3 Å². The van der Waals surface area contributed by atoms with Gasteiger partial charge in [0.1, 0.15) is 11.5 Å². The number of amides is 1. The fourth-order valence-electron chi connectivity index (χ4n) is 3.26. The molecule has 2 aromatic heterocycles. The van der Waals surface area contributed by atoms with Crippen LogP contribution < -0.4 is 0 Å². The molecule has 0 aromatic carbocycles. The molecule has 1 amide bonds. The molecule has 118 valence electrons. The molecule has 0 bridgehead atoms. The highest BCUT2D eigenvalue weighted by molar-refractivity contribution is 5.92. The van der Waals surface area contributed by atoms with Gasteiger partial charge in [-0.2, -0.15) is 0 Å². The van der Waals surface area contributed by atoms with Gasteiger partial charge in [-0.3, -0.25) is 4.79 Å². The van der Waals surface area contributed by atoms with E-state index in [0.29, 0.717) is 12.0 Å². The fourth-order valence-corrected chi connectivity index (χ4v) is 3.26. The lowest BCUT2D eigenvalue weighted by Gasteiger charge is -2.28. The third kappa shape index (κ3) is 2.80. The molecule has 0 N–H and O–H groups in total. The molecule has 1 aliphatic heterocycles. The van der Waals surface area contributed by atoms with Crippen molar-refractivity contribution in [2.45, 2.75) is 39.3 Å². The summed E-state index contributed by atoms with van der Waals surface area (Å²) < 4.78 is 4.24. The van der Waals surface area contributed by atoms with E-state index in [9.17, 15) is 4.79 Å².